The van der Waals surface area contributed by atoms with E-state index < -0.39 is 41.2 Å². The Balaban J connectivity index is 1.55. The lowest BCUT2D eigenvalue weighted by Gasteiger charge is -2.26. The molecule has 1 N–H and O–H groups in total. The first-order valence-electron chi connectivity index (χ1n) is 10.7. The van der Waals surface area contributed by atoms with E-state index in [1.165, 1.54) is 6.92 Å². The summed E-state index contributed by atoms with van der Waals surface area (Å²) in [5, 5.41) is 2.81. The predicted octanol–water partition coefficient (Wildman–Crippen LogP) is 2.44. The van der Waals surface area contributed by atoms with E-state index in [2.05, 4.69) is 5.32 Å². The van der Waals surface area contributed by atoms with Crippen LogP contribution in [0.1, 0.15) is 38.8 Å². The first-order valence-corrected chi connectivity index (χ1v) is 10.7. The highest BCUT2D eigenvalue weighted by atomic mass is 16.6. The Kier molecular flexibility index (Phi) is 5.00. The number of fused-ring (bicyclic) bond motifs is 1. The van der Waals surface area contributed by atoms with E-state index in [1.807, 2.05) is 65.0 Å². The Hall–Kier alpha value is -2.67. The maximum atomic E-state index is 13.5. The van der Waals surface area contributed by atoms with E-state index in [1.54, 1.807) is 4.90 Å². The maximum absolute atomic E-state index is 13.5. The molecule has 7 nitrogen and oxygen atoms in total. The van der Waals surface area contributed by atoms with Gasteiger partial charge in [0.25, 0.3) is 5.91 Å². The van der Waals surface area contributed by atoms with Gasteiger partial charge in [-0.25, -0.2) is 0 Å². The summed E-state index contributed by atoms with van der Waals surface area (Å²) < 4.78 is 11.6. The summed E-state index contributed by atoms with van der Waals surface area (Å²) in [6.45, 7) is 11.4. The van der Waals surface area contributed by atoms with Crippen molar-refractivity contribution in [2.24, 2.45) is 11.8 Å². The predicted molar refractivity (Wildman–Crippen MR) is 115 cm³/mol. The summed E-state index contributed by atoms with van der Waals surface area (Å²) in [7, 11) is 0. The topological polar surface area (TPSA) is 84.9 Å². The minimum Gasteiger partial charge on any atom is -0.452 e. The van der Waals surface area contributed by atoms with E-state index in [-0.39, 0.29) is 11.8 Å². The molecule has 2 amide bonds. The molecule has 7 heteroatoms. The number of carbonyl (C=O) groups excluding carboxylic acids is 3. The fraction of sp³-hybridized carbons (Fsp3) is 0.542. The van der Waals surface area contributed by atoms with Crippen molar-refractivity contribution in [1.29, 1.82) is 0 Å². The van der Waals surface area contributed by atoms with Crippen molar-refractivity contribution >= 4 is 23.5 Å². The smallest absolute Gasteiger partial charge is 0.313 e. The Morgan fingerprint density at radius 3 is 2.65 bits per heavy atom. The van der Waals surface area contributed by atoms with Gasteiger partial charge in [0, 0.05) is 11.2 Å². The second-order valence-corrected chi connectivity index (χ2v) is 9.93. The molecule has 3 heterocycles. The van der Waals surface area contributed by atoms with Crippen LogP contribution in [0.2, 0.25) is 0 Å². The number of nitrogens with zero attached hydrogens (tertiary/aromatic N) is 1. The van der Waals surface area contributed by atoms with Crippen molar-refractivity contribution in [2.45, 2.75) is 64.9 Å². The lowest BCUT2D eigenvalue weighted by atomic mass is 9.77. The average molecular weight is 427 g/mol. The normalized spacial score (nSPS) is 29.8. The molecule has 0 radical (unpaired) electrons. The first-order chi connectivity index (χ1) is 14.4. The number of benzene rings is 1. The van der Waals surface area contributed by atoms with Crippen LogP contribution < -0.4 is 10.2 Å². The number of anilines is 1. The molecule has 166 valence electrons. The molecule has 4 rings (SSSR count). The molecule has 0 aromatic heterocycles. The lowest BCUT2D eigenvalue weighted by Crippen LogP contribution is -2.47. The van der Waals surface area contributed by atoms with E-state index >= 15 is 0 Å². The molecule has 2 saturated heterocycles. The minimum atomic E-state index is -0.960. The number of hydrogen-bond acceptors (Lipinski definition) is 5. The molecule has 2 bridgehead atoms. The lowest BCUT2D eigenvalue weighted by molar-refractivity contribution is -0.161. The van der Waals surface area contributed by atoms with Gasteiger partial charge in [-0.05, 0) is 53.2 Å². The summed E-state index contributed by atoms with van der Waals surface area (Å²) in [5.74, 6) is -2.52. The highest BCUT2D eigenvalue weighted by Crippen LogP contribution is 2.53. The Morgan fingerprint density at radius 2 is 2.00 bits per heavy atom. The van der Waals surface area contributed by atoms with Crippen LogP contribution in [-0.4, -0.2) is 47.7 Å². The number of hydrogen-bond donors (Lipinski definition) is 1. The van der Waals surface area contributed by atoms with Crippen molar-refractivity contribution < 1.29 is 23.9 Å². The van der Waals surface area contributed by atoms with Gasteiger partial charge >= 0.3 is 5.97 Å². The molecule has 1 aromatic rings. The van der Waals surface area contributed by atoms with Crippen LogP contribution in [0.5, 0.6) is 0 Å². The standard InChI is InChI=1S/C24H30N2O5/c1-13-7-8-16(14(2)11-13)26-12-24-10-9-17(31-24)18(19(24)21(26)28)22(29)30-15(3)20(27)25-23(4,5)6/h7-11,15,17-19H,12H2,1-6H3,(H,25,27)/t15-,17-,18-,19+,24-/m0/s1. The van der Waals surface area contributed by atoms with E-state index in [9.17, 15) is 14.4 Å². The molecule has 0 aliphatic carbocycles. The number of rotatable bonds is 4. The molecule has 5 atom stereocenters. The fourth-order valence-electron chi connectivity index (χ4n) is 4.86. The SMILES string of the molecule is Cc1ccc(N2C[C@]34C=C[C@H](O3)[C@H](C(=O)O[C@@H](C)C(=O)NC(C)(C)C)[C@@H]4C2=O)c(C)c1. The van der Waals surface area contributed by atoms with Crippen molar-refractivity contribution in [3.05, 3.63) is 41.5 Å². The van der Waals surface area contributed by atoms with E-state index in [4.69, 9.17) is 9.47 Å². The summed E-state index contributed by atoms with van der Waals surface area (Å²) in [4.78, 5) is 40.6. The molecular formula is C24H30N2O5. The van der Waals surface area contributed by atoms with Crippen molar-refractivity contribution in [3.8, 4) is 0 Å². The zero-order valence-electron chi connectivity index (χ0n) is 18.9. The van der Waals surface area contributed by atoms with Crippen molar-refractivity contribution in [1.82, 2.24) is 5.32 Å². The second kappa shape index (κ2) is 7.19. The van der Waals surface area contributed by atoms with Crippen LogP contribution in [0.25, 0.3) is 0 Å². The number of ether oxygens (including phenoxy) is 2. The van der Waals surface area contributed by atoms with Gasteiger partial charge in [0.1, 0.15) is 11.5 Å². The molecule has 3 aliphatic rings. The van der Waals surface area contributed by atoms with Gasteiger partial charge in [-0.2, -0.15) is 0 Å². The quantitative estimate of drug-likeness (QED) is 0.591. The minimum absolute atomic E-state index is 0.146. The van der Waals surface area contributed by atoms with Crippen LogP contribution in [0.4, 0.5) is 5.69 Å². The van der Waals surface area contributed by atoms with Crippen LogP contribution in [0, 0.1) is 25.7 Å². The van der Waals surface area contributed by atoms with Crippen LogP contribution in [0.15, 0.2) is 30.4 Å². The molecule has 0 unspecified atom stereocenters. The summed E-state index contributed by atoms with van der Waals surface area (Å²) >= 11 is 0. The maximum Gasteiger partial charge on any atom is 0.313 e. The van der Waals surface area contributed by atoms with Gasteiger partial charge in [-0.3, -0.25) is 14.4 Å². The van der Waals surface area contributed by atoms with Gasteiger partial charge < -0.3 is 19.7 Å². The number of aryl methyl sites for hydroxylation is 2. The third-order valence-electron chi connectivity index (χ3n) is 6.18. The molecule has 3 aliphatic heterocycles. The summed E-state index contributed by atoms with van der Waals surface area (Å²) in [6.07, 6.45) is 2.27. The number of esters is 1. The second-order valence-electron chi connectivity index (χ2n) is 9.93. The molecule has 1 spiro atoms. The monoisotopic (exact) mass is 426 g/mol. The van der Waals surface area contributed by atoms with E-state index in [0.29, 0.717) is 6.54 Å². The molecule has 2 fully saturated rings. The molecule has 31 heavy (non-hydrogen) atoms. The number of amides is 2. The summed E-state index contributed by atoms with van der Waals surface area (Å²) in [5.41, 5.74) is 1.67. The van der Waals surface area contributed by atoms with Crippen LogP contribution in [0.3, 0.4) is 0 Å². The first kappa shape index (κ1) is 21.6. The van der Waals surface area contributed by atoms with Gasteiger partial charge in [0.05, 0.1) is 18.6 Å². The van der Waals surface area contributed by atoms with Crippen LogP contribution >= 0.6 is 0 Å². The van der Waals surface area contributed by atoms with Gasteiger partial charge in [0.2, 0.25) is 5.91 Å². The highest BCUT2D eigenvalue weighted by molar-refractivity contribution is 6.03. The highest BCUT2D eigenvalue weighted by Gasteiger charge is 2.67. The van der Waals surface area contributed by atoms with E-state index in [0.717, 1.165) is 16.8 Å². The third kappa shape index (κ3) is 3.65. The van der Waals surface area contributed by atoms with Gasteiger partial charge in [-0.1, -0.05) is 29.8 Å². The zero-order chi connectivity index (χ0) is 22.7. The zero-order valence-corrected chi connectivity index (χ0v) is 18.9. The average Bonchev–Trinajstić information content (AvgIpc) is 3.28. The third-order valence-corrected chi connectivity index (χ3v) is 6.18. The fourth-order valence-corrected chi connectivity index (χ4v) is 4.86. The number of nitrogens with one attached hydrogen (secondary N) is 1. The molecular weight excluding hydrogens is 396 g/mol. The Labute approximate surface area is 182 Å². The van der Waals surface area contributed by atoms with Gasteiger partial charge in [-0.15, -0.1) is 0 Å². The largest absolute Gasteiger partial charge is 0.452 e. The molecule has 0 saturated carbocycles. The Morgan fingerprint density at radius 1 is 1.29 bits per heavy atom. The van der Waals surface area contributed by atoms with Gasteiger partial charge in [0.15, 0.2) is 6.10 Å². The molecule has 1 aromatic carbocycles. The summed E-state index contributed by atoms with van der Waals surface area (Å²) in [6, 6.07) is 5.93. The van der Waals surface area contributed by atoms with Crippen molar-refractivity contribution in [3.63, 3.8) is 0 Å². The van der Waals surface area contributed by atoms with Crippen molar-refractivity contribution in [2.75, 3.05) is 11.4 Å². The van der Waals surface area contributed by atoms with Crippen LogP contribution in [-0.2, 0) is 23.9 Å². The number of carbonyl (C=O) groups is 3. The Bertz CT molecular complexity index is 979.